The van der Waals surface area contributed by atoms with Crippen molar-refractivity contribution < 1.29 is 0 Å². The molecule has 0 bridgehead atoms. The van der Waals surface area contributed by atoms with Gasteiger partial charge < -0.3 is 4.90 Å². The van der Waals surface area contributed by atoms with Gasteiger partial charge >= 0.3 is 62.1 Å². The summed E-state index contributed by atoms with van der Waals surface area (Å²) in [5.41, 5.74) is 1.28. The van der Waals surface area contributed by atoms with Gasteiger partial charge in [-0.25, -0.2) is 0 Å². The van der Waals surface area contributed by atoms with E-state index in [1.807, 2.05) is 0 Å². The van der Waals surface area contributed by atoms with E-state index < -0.39 is 9.14 Å². The molecule has 0 N–H and O–H groups in total. The molecule has 1 unspecified atom stereocenters. The number of allylic oxidation sites excluding steroid dienone is 1. The average Bonchev–Trinajstić information content (AvgIpc) is 2.24. The Morgan fingerprint density at radius 1 is 1.25 bits per heavy atom. The second-order valence-corrected chi connectivity index (χ2v) is 61.5. The molecule has 0 aromatic heterocycles. The first-order valence-electron chi connectivity index (χ1n) is 4.00. The van der Waals surface area contributed by atoms with Crippen LogP contribution in [0.1, 0.15) is 13.8 Å². The van der Waals surface area contributed by atoms with Crippen molar-refractivity contribution >= 4 is 85.5 Å². The monoisotopic (exact) mass is 494 g/mol. The van der Waals surface area contributed by atoms with Gasteiger partial charge in [0.2, 0.25) is 0 Å². The minimum absolute atomic E-state index is 0.134. The van der Waals surface area contributed by atoms with E-state index in [4.69, 9.17) is 64.6 Å². The first-order chi connectivity index (χ1) is 6.70. The van der Waals surface area contributed by atoms with E-state index in [2.05, 4.69) is 24.2 Å². The summed E-state index contributed by atoms with van der Waals surface area (Å²) in [4.78, 5) is 2.29. The summed E-state index contributed by atoms with van der Waals surface area (Å²) in [6.07, 6.45) is 0. The molecule has 0 spiro atoms. The molecule has 1 aliphatic rings. The molecule has 0 amide bonds. The van der Waals surface area contributed by atoms with Crippen LogP contribution < -0.4 is 0 Å². The van der Waals surface area contributed by atoms with Crippen LogP contribution in [0.5, 0.6) is 0 Å². The van der Waals surface area contributed by atoms with Crippen LogP contribution in [-0.2, 0) is 0 Å². The van der Waals surface area contributed by atoms with Gasteiger partial charge in [0.25, 0.3) is 0 Å². The number of rotatable bonds is 1. The SMILES string of the molecule is CCN1C(C)=CSC1Cl.[Cl][Sb-]([Cl])([Cl])([Cl])([Cl])[Cl]. The zero-order valence-corrected chi connectivity index (χ0v) is 17.0. The van der Waals surface area contributed by atoms with Gasteiger partial charge in [0.05, 0.1) is 0 Å². The van der Waals surface area contributed by atoms with E-state index in [0.29, 0.717) is 0 Å². The number of alkyl halides is 1. The van der Waals surface area contributed by atoms with Gasteiger partial charge in [-0.3, -0.25) is 0 Å². The van der Waals surface area contributed by atoms with Crippen LogP contribution in [0, 0.1) is 0 Å². The van der Waals surface area contributed by atoms with Crippen molar-refractivity contribution in [1.82, 2.24) is 4.90 Å². The molecule has 0 aromatic rings. The van der Waals surface area contributed by atoms with Gasteiger partial charge in [-0.1, -0.05) is 23.4 Å². The molecule has 1 heterocycles. The molecular weight excluding hydrogens is 488 g/mol. The molecule has 1 nitrogen and oxygen atoms in total. The molecule has 0 fully saturated rings. The van der Waals surface area contributed by atoms with Crippen molar-refractivity contribution in [2.75, 3.05) is 6.54 Å². The van der Waals surface area contributed by atoms with E-state index in [1.165, 1.54) is 5.70 Å². The first kappa shape index (κ1) is 18.7. The Bertz CT molecular complexity index is 271. The van der Waals surface area contributed by atoms with Crippen LogP contribution in [0.25, 0.3) is 0 Å². The minimum atomic E-state index is -5.42. The number of hydrogen-bond acceptors (Lipinski definition) is 2. The number of thioether (sulfide) groups is 1. The van der Waals surface area contributed by atoms with Gasteiger partial charge in [-0.05, 0) is 19.3 Å². The zero-order valence-electron chi connectivity index (χ0n) is 8.31. The summed E-state index contributed by atoms with van der Waals surface area (Å²) in [6.45, 7) is 5.20. The predicted molar refractivity (Wildman–Crippen MR) is 84.2 cm³/mol. The van der Waals surface area contributed by atoms with Crippen molar-refractivity contribution in [3.05, 3.63) is 11.1 Å². The summed E-state index contributed by atoms with van der Waals surface area (Å²) >= 11 is 7.58. The normalized spacial score (nSPS) is 25.2. The Morgan fingerprint density at radius 2 is 1.62 bits per heavy atom. The topological polar surface area (TPSA) is 3.24 Å². The third kappa shape index (κ3) is 13.2. The standard InChI is InChI=1S/C6H10ClNS.6ClH.Sb/c1-3-8-5(2)4-9-6(8)7;;;;;;;/h4,6H,3H2,1-2H3;6*1H;/q;;;;;;;+5/p-6. The fourth-order valence-electron chi connectivity index (χ4n) is 0.849. The molecule has 16 heavy (non-hydrogen) atoms. The van der Waals surface area contributed by atoms with E-state index in [0.717, 1.165) is 6.54 Å². The summed E-state index contributed by atoms with van der Waals surface area (Å²) < 4.78 is 0. The van der Waals surface area contributed by atoms with Crippen molar-refractivity contribution in [2.24, 2.45) is 0 Å². The molecule has 10 heteroatoms. The van der Waals surface area contributed by atoms with Crippen LogP contribution in [0.15, 0.2) is 11.1 Å². The third-order valence-electron chi connectivity index (χ3n) is 1.39. The summed E-state index contributed by atoms with van der Waals surface area (Å²) in [5, 5.41) is 2.10. The summed E-state index contributed by atoms with van der Waals surface area (Å²) in [5.74, 6) is 0. The van der Waals surface area contributed by atoms with Crippen molar-refractivity contribution in [3.63, 3.8) is 0 Å². The Kier molecular flexibility index (Phi) is 6.58. The van der Waals surface area contributed by atoms with Crippen LogP contribution in [0.2, 0.25) is 0 Å². The van der Waals surface area contributed by atoms with Crippen LogP contribution in [-0.4, -0.2) is 25.4 Å². The Balaban J connectivity index is 0.000000293. The van der Waals surface area contributed by atoms with Gasteiger partial charge in [0.15, 0.2) is 4.83 Å². The van der Waals surface area contributed by atoms with Crippen molar-refractivity contribution in [1.29, 1.82) is 0 Å². The number of halogens is 7. The molecule has 1 rings (SSSR count). The van der Waals surface area contributed by atoms with Gasteiger partial charge in [-0.2, -0.15) is 0 Å². The molecule has 0 aromatic carbocycles. The zero-order chi connectivity index (χ0) is 13.3. The third-order valence-corrected chi connectivity index (χ3v) is 2.89. The fraction of sp³-hybridized carbons (Fsp3) is 0.667. The van der Waals surface area contributed by atoms with Crippen LogP contribution in [0.4, 0.5) is 0 Å². The summed E-state index contributed by atoms with van der Waals surface area (Å²) in [7, 11) is 25.0. The average molecular weight is 498 g/mol. The molecule has 1 aliphatic heterocycles. The van der Waals surface area contributed by atoms with Gasteiger partial charge in [0.1, 0.15) is 0 Å². The van der Waals surface area contributed by atoms with E-state index in [9.17, 15) is 0 Å². The molecule has 0 radical (unpaired) electrons. The predicted octanol–water partition coefficient (Wildman–Crippen LogP) is 6.20. The Hall–Kier alpha value is 2.74. The quantitative estimate of drug-likeness (QED) is 0.241. The summed E-state index contributed by atoms with van der Waals surface area (Å²) in [6, 6.07) is 0. The second-order valence-electron chi connectivity index (χ2n) is 2.93. The van der Waals surface area contributed by atoms with E-state index in [1.54, 1.807) is 11.8 Å². The van der Waals surface area contributed by atoms with Crippen molar-refractivity contribution in [2.45, 2.75) is 18.7 Å². The van der Waals surface area contributed by atoms with Crippen LogP contribution >= 0.6 is 76.3 Å². The van der Waals surface area contributed by atoms with Gasteiger partial charge in [-0.15, -0.1) is 0 Å². The molecule has 100 valence electrons. The number of nitrogens with zero attached hydrogens (tertiary/aromatic N) is 1. The first-order valence-corrected chi connectivity index (χ1v) is 24.8. The fourth-order valence-corrected chi connectivity index (χ4v) is 2.20. The molecule has 0 aliphatic carbocycles. The molecular formula is C6H10Cl7NSSb-. The number of hydrogen-bond donors (Lipinski definition) is 0. The Morgan fingerprint density at radius 3 is 1.75 bits per heavy atom. The molecule has 0 saturated heterocycles. The van der Waals surface area contributed by atoms with E-state index in [-0.39, 0.29) is 4.83 Å². The molecule has 0 saturated carbocycles. The molecule has 1 atom stereocenters. The second kappa shape index (κ2) is 5.62. The maximum absolute atomic E-state index is 5.91. The maximum atomic E-state index is 5.91. The van der Waals surface area contributed by atoms with E-state index >= 15 is 0 Å². The van der Waals surface area contributed by atoms with Gasteiger partial charge in [0, 0.05) is 12.2 Å². The van der Waals surface area contributed by atoms with Crippen LogP contribution in [0.3, 0.4) is 0 Å². The Labute approximate surface area is 125 Å². The van der Waals surface area contributed by atoms with Crippen molar-refractivity contribution in [3.8, 4) is 0 Å².